The lowest BCUT2D eigenvalue weighted by molar-refractivity contribution is -0.290. The van der Waals surface area contributed by atoms with Gasteiger partial charge in [-0.1, -0.05) is 0 Å². The van der Waals surface area contributed by atoms with Crippen LogP contribution in [0.4, 0.5) is 40.9 Å². The number of nitrogens with zero attached hydrogens (tertiary/aromatic N) is 3. The molecule has 3 aromatic rings. The van der Waals surface area contributed by atoms with Crippen molar-refractivity contribution in [3.63, 3.8) is 0 Å². The van der Waals surface area contributed by atoms with E-state index in [0.717, 1.165) is 6.07 Å². The molecule has 204 valence electrons. The van der Waals surface area contributed by atoms with Gasteiger partial charge in [0.2, 0.25) is 5.43 Å². The number of carbonyl (C=O) groups excluding carboxylic acids is 1. The molecule has 2 N–H and O–H groups in total. The predicted octanol–water partition coefficient (Wildman–Crippen LogP) is 3.69. The number of amides is 1. The lowest BCUT2D eigenvalue weighted by atomic mass is 10.1. The number of β-amino-alcohol motifs (C(OH)–C–C–N with tert-alkyl or cyclic N) is 1. The fourth-order valence-corrected chi connectivity index (χ4v) is 4.03. The molecule has 0 saturated carbocycles. The third-order valence-corrected chi connectivity index (χ3v) is 6.06. The zero-order valence-electron chi connectivity index (χ0n) is 19.3. The Morgan fingerprint density at radius 2 is 1.76 bits per heavy atom. The van der Waals surface area contributed by atoms with E-state index in [1.54, 1.807) is 4.90 Å². The van der Waals surface area contributed by atoms with Crippen LogP contribution in [-0.2, 0) is 0 Å². The van der Waals surface area contributed by atoms with Gasteiger partial charge in [-0.25, -0.2) is 18.2 Å². The van der Waals surface area contributed by atoms with Gasteiger partial charge in [0.05, 0.1) is 17.5 Å². The minimum atomic E-state index is -6.02. The van der Waals surface area contributed by atoms with Crippen molar-refractivity contribution >= 4 is 22.8 Å². The number of aliphatic hydroxyl groups excluding tert-OH is 1. The number of anilines is 1. The number of alkyl halides is 5. The average Bonchev–Trinajstić information content (AvgIpc) is 3.25. The average molecular weight is 550 g/mol. The summed E-state index contributed by atoms with van der Waals surface area (Å²) < 4.78 is 109. The maximum Gasteiger partial charge on any atom is 0.455 e. The van der Waals surface area contributed by atoms with Crippen LogP contribution in [-0.4, -0.2) is 57.9 Å². The van der Waals surface area contributed by atoms with E-state index in [9.17, 15) is 49.8 Å². The van der Waals surface area contributed by atoms with E-state index in [2.05, 4.69) is 4.98 Å². The first-order valence-electron chi connectivity index (χ1n) is 11.0. The van der Waals surface area contributed by atoms with Crippen molar-refractivity contribution in [2.45, 2.75) is 37.6 Å². The van der Waals surface area contributed by atoms with Gasteiger partial charge in [0.1, 0.15) is 22.9 Å². The van der Waals surface area contributed by atoms with Crippen molar-refractivity contribution < 1.29 is 45.0 Å². The zero-order valence-corrected chi connectivity index (χ0v) is 19.3. The highest BCUT2D eigenvalue weighted by atomic mass is 19.4. The van der Waals surface area contributed by atoms with Gasteiger partial charge in [-0.3, -0.25) is 14.2 Å². The third-order valence-electron chi connectivity index (χ3n) is 6.06. The summed E-state index contributed by atoms with van der Waals surface area (Å²) in [5, 5.41) is 10.8. The summed E-state index contributed by atoms with van der Waals surface area (Å²) in [5.74, 6) is -11.2. The summed E-state index contributed by atoms with van der Waals surface area (Å²) in [6.07, 6.45) is -5.81. The summed E-state index contributed by atoms with van der Waals surface area (Å²) in [6.45, 7) is 0.853. The second kappa shape index (κ2) is 9.53. The first-order chi connectivity index (χ1) is 17.6. The van der Waals surface area contributed by atoms with Crippen LogP contribution in [0.2, 0.25) is 0 Å². The molecule has 0 bridgehead atoms. The van der Waals surface area contributed by atoms with E-state index in [1.807, 2.05) is 0 Å². The summed E-state index contributed by atoms with van der Waals surface area (Å²) in [4.78, 5) is 31.6. The van der Waals surface area contributed by atoms with E-state index in [4.69, 9.17) is 0 Å². The van der Waals surface area contributed by atoms with Crippen LogP contribution in [0.1, 0.15) is 23.7 Å². The molecule has 1 saturated heterocycles. The molecule has 3 heterocycles. The fourth-order valence-electron chi connectivity index (χ4n) is 4.03. The Bertz CT molecular complexity index is 1450. The Morgan fingerprint density at radius 1 is 1.13 bits per heavy atom. The monoisotopic (exact) mass is 550 g/mol. The summed E-state index contributed by atoms with van der Waals surface area (Å²) in [7, 11) is 0. The fraction of sp³-hybridized carbons (Fsp3) is 0.348. The Hall–Kier alpha value is -3.75. The number of aromatic nitrogens is 2. The summed E-state index contributed by atoms with van der Waals surface area (Å²) >= 11 is 0. The number of aliphatic hydroxyl groups is 1. The van der Waals surface area contributed by atoms with Crippen LogP contribution in [0.15, 0.2) is 35.3 Å². The summed E-state index contributed by atoms with van der Waals surface area (Å²) in [5.41, 5.74) is -3.63. The van der Waals surface area contributed by atoms with Crippen LogP contribution in [0.25, 0.3) is 16.7 Å². The zero-order chi connectivity index (χ0) is 28.2. The maximum atomic E-state index is 14.7. The first kappa shape index (κ1) is 27.3. The van der Waals surface area contributed by atoms with Gasteiger partial charge < -0.3 is 15.3 Å². The Morgan fingerprint density at radius 3 is 2.32 bits per heavy atom. The largest absolute Gasteiger partial charge is 0.455 e. The molecule has 4 rings (SSSR count). The minimum absolute atomic E-state index is 0.147. The van der Waals surface area contributed by atoms with Gasteiger partial charge in [0.25, 0.3) is 5.91 Å². The number of pyridine rings is 2. The number of rotatable bonds is 5. The number of hydrogen-bond acceptors (Lipinski definition) is 5. The predicted molar refractivity (Wildman–Crippen MR) is 118 cm³/mol. The van der Waals surface area contributed by atoms with E-state index >= 15 is 0 Å². The third kappa shape index (κ3) is 4.77. The van der Waals surface area contributed by atoms with Crippen LogP contribution in [0, 0.1) is 17.5 Å². The normalized spacial score (nSPS) is 17.2. The molecule has 1 aliphatic rings. The highest BCUT2D eigenvalue weighted by molar-refractivity contribution is 5.97. The number of nitrogens with one attached hydrogen (secondary N) is 1. The molecule has 1 unspecified atom stereocenters. The molecule has 1 aromatic carbocycles. The number of benzene rings is 1. The van der Waals surface area contributed by atoms with Crippen LogP contribution < -0.4 is 15.6 Å². The molecule has 1 amide bonds. The molecule has 38 heavy (non-hydrogen) atoms. The standard InChI is InChI=1S/C23H18F8N4O3/c1-10(22(27,28)23(29,30)31)32-21(38)14-9-35(18-15(25)6-11(24)7-16(18)26)20-13(19(14)37)2-3-17(33-20)34-5-4-12(36)8-34/h2-3,6-7,9-10,12,36H,4-5,8H2,1H3,(H,32,38)/t10?,12-/m0/s1. The lowest BCUT2D eigenvalue weighted by Crippen LogP contribution is -2.54. The van der Waals surface area contributed by atoms with Crippen molar-refractivity contribution in [2.75, 3.05) is 18.0 Å². The van der Waals surface area contributed by atoms with Crippen molar-refractivity contribution in [1.29, 1.82) is 0 Å². The SMILES string of the molecule is CC(NC(=O)c1cn(-c2c(F)cc(F)cc2F)c2nc(N3CC[C@H](O)C3)ccc2c1=O)C(F)(F)C(F)(F)F. The Kier molecular flexibility index (Phi) is 6.84. The van der Waals surface area contributed by atoms with Crippen molar-refractivity contribution in [3.8, 4) is 5.69 Å². The van der Waals surface area contributed by atoms with Gasteiger partial charge in [-0.05, 0) is 25.5 Å². The number of hydrogen-bond donors (Lipinski definition) is 2. The molecule has 7 nitrogen and oxygen atoms in total. The molecule has 2 aromatic heterocycles. The number of halogens is 8. The molecule has 2 atom stereocenters. The van der Waals surface area contributed by atoms with Gasteiger partial charge >= 0.3 is 12.1 Å². The molecule has 0 spiro atoms. The molecule has 15 heteroatoms. The molecule has 1 fully saturated rings. The van der Waals surface area contributed by atoms with Crippen molar-refractivity contribution in [1.82, 2.24) is 14.9 Å². The second-order valence-electron chi connectivity index (χ2n) is 8.70. The van der Waals surface area contributed by atoms with Gasteiger partial charge in [0.15, 0.2) is 17.3 Å². The Labute approximate surface area is 208 Å². The van der Waals surface area contributed by atoms with E-state index in [1.165, 1.54) is 11.4 Å². The lowest BCUT2D eigenvalue weighted by Gasteiger charge is -2.26. The summed E-state index contributed by atoms with van der Waals surface area (Å²) in [6, 6.07) is 0.195. The van der Waals surface area contributed by atoms with Crippen molar-refractivity contribution in [3.05, 3.63) is 63.7 Å². The van der Waals surface area contributed by atoms with Crippen LogP contribution in [0.5, 0.6) is 0 Å². The van der Waals surface area contributed by atoms with Gasteiger partial charge in [-0.2, -0.15) is 22.0 Å². The molecule has 0 aliphatic carbocycles. The van der Waals surface area contributed by atoms with E-state index in [0.29, 0.717) is 42.8 Å². The minimum Gasteiger partial charge on any atom is -0.391 e. The first-order valence-corrected chi connectivity index (χ1v) is 11.0. The highest BCUT2D eigenvalue weighted by Crippen LogP contribution is 2.38. The van der Waals surface area contributed by atoms with Gasteiger partial charge in [0, 0.05) is 31.4 Å². The topological polar surface area (TPSA) is 87.5 Å². The van der Waals surface area contributed by atoms with Gasteiger partial charge in [-0.15, -0.1) is 0 Å². The quantitative estimate of drug-likeness (QED) is 0.474. The molecular formula is C23H18F8N4O3. The van der Waals surface area contributed by atoms with Crippen LogP contribution in [0.3, 0.4) is 0 Å². The highest BCUT2D eigenvalue weighted by Gasteiger charge is 2.61. The molecular weight excluding hydrogens is 532 g/mol. The number of fused-ring (bicyclic) bond motifs is 1. The van der Waals surface area contributed by atoms with E-state index in [-0.39, 0.29) is 12.4 Å². The van der Waals surface area contributed by atoms with Crippen LogP contribution >= 0.6 is 0 Å². The smallest absolute Gasteiger partial charge is 0.391 e. The van der Waals surface area contributed by atoms with Crippen molar-refractivity contribution in [2.24, 2.45) is 0 Å². The molecule has 1 aliphatic heterocycles. The number of carbonyl (C=O) groups is 1. The Balaban J connectivity index is 1.91. The van der Waals surface area contributed by atoms with E-state index < -0.39 is 75.3 Å². The maximum absolute atomic E-state index is 14.7. The second-order valence-corrected chi connectivity index (χ2v) is 8.70. The molecule has 0 radical (unpaired) electrons.